The SMILES string of the molecule is O=c1[nH]nc2c3cc4ccccc4cc3c(C3=CCNCC3)cn12. The van der Waals surface area contributed by atoms with Gasteiger partial charge in [-0.2, -0.15) is 5.10 Å². The Morgan fingerprint density at radius 1 is 1.08 bits per heavy atom. The van der Waals surface area contributed by atoms with Gasteiger partial charge in [0.05, 0.1) is 0 Å². The van der Waals surface area contributed by atoms with Crippen LogP contribution in [0.25, 0.3) is 32.8 Å². The molecule has 118 valence electrons. The zero-order valence-electron chi connectivity index (χ0n) is 13.0. The van der Waals surface area contributed by atoms with Crippen LogP contribution in [0.2, 0.25) is 0 Å². The number of aromatic amines is 1. The van der Waals surface area contributed by atoms with Crippen LogP contribution in [0, 0.1) is 0 Å². The number of nitrogens with zero attached hydrogens (tertiary/aromatic N) is 2. The summed E-state index contributed by atoms with van der Waals surface area (Å²) in [7, 11) is 0. The van der Waals surface area contributed by atoms with Crippen molar-refractivity contribution in [1.29, 1.82) is 0 Å². The van der Waals surface area contributed by atoms with Gasteiger partial charge in [-0.1, -0.05) is 30.3 Å². The van der Waals surface area contributed by atoms with E-state index in [0.29, 0.717) is 5.65 Å². The average Bonchev–Trinajstić information content (AvgIpc) is 3.01. The van der Waals surface area contributed by atoms with Crippen molar-refractivity contribution in [3.05, 3.63) is 64.7 Å². The summed E-state index contributed by atoms with van der Waals surface area (Å²) in [6.07, 6.45) is 5.10. The van der Waals surface area contributed by atoms with E-state index >= 15 is 0 Å². The first-order valence-corrected chi connectivity index (χ1v) is 8.14. The summed E-state index contributed by atoms with van der Waals surface area (Å²) < 4.78 is 1.62. The Kier molecular flexibility index (Phi) is 2.84. The quantitative estimate of drug-likeness (QED) is 0.531. The number of H-pyrrole nitrogens is 1. The zero-order valence-corrected chi connectivity index (χ0v) is 13.0. The Balaban J connectivity index is 1.97. The molecule has 1 aliphatic heterocycles. The van der Waals surface area contributed by atoms with Crippen LogP contribution < -0.4 is 11.0 Å². The predicted octanol–water partition coefficient (Wildman–Crippen LogP) is 2.71. The van der Waals surface area contributed by atoms with Crippen LogP contribution in [0.1, 0.15) is 12.0 Å². The van der Waals surface area contributed by atoms with Crippen molar-refractivity contribution in [1.82, 2.24) is 19.9 Å². The molecule has 0 saturated carbocycles. The molecule has 5 heteroatoms. The molecule has 2 N–H and O–H groups in total. The lowest BCUT2D eigenvalue weighted by Gasteiger charge is -2.17. The van der Waals surface area contributed by atoms with Gasteiger partial charge in [0.1, 0.15) is 0 Å². The second-order valence-corrected chi connectivity index (χ2v) is 6.19. The molecular formula is C19H16N4O. The van der Waals surface area contributed by atoms with Crippen LogP contribution in [-0.4, -0.2) is 27.7 Å². The van der Waals surface area contributed by atoms with Crippen LogP contribution in [-0.2, 0) is 0 Å². The van der Waals surface area contributed by atoms with Crippen LogP contribution in [0.3, 0.4) is 0 Å². The topological polar surface area (TPSA) is 62.2 Å². The number of pyridine rings is 1. The van der Waals surface area contributed by atoms with E-state index in [1.807, 2.05) is 12.3 Å². The summed E-state index contributed by atoms with van der Waals surface area (Å²) >= 11 is 0. The van der Waals surface area contributed by atoms with Gasteiger partial charge in [0.15, 0.2) is 5.65 Å². The third-order valence-corrected chi connectivity index (χ3v) is 4.79. The largest absolute Gasteiger partial charge is 0.347 e. The van der Waals surface area contributed by atoms with Crippen molar-refractivity contribution >= 4 is 32.8 Å². The van der Waals surface area contributed by atoms with Crippen molar-refractivity contribution < 1.29 is 0 Å². The van der Waals surface area contributed by atoms with E-state index in [1.54, 1.807) is 4.40 Å². The number of benzene rings is 2. The van der Waals surface area contributed by atoms with Gasteiger partial charge in [0.25, 0.3) is 0 Å². The van der Waals surface area contributed by atoms with E-state index in [-0.39, 0.29) is 5.69 Å². The van der Waals surface area contributed by atoms with Crippen molar-refractivity contribution in [3.8, 4) is 0 Å². The van der Waals surface area contributed by atoms with E-state index in [0.717, 1.165) is 41.2 Å². The van der Waals surface area contributed by atoms with E-state index in [1.165, 1.54) is 11.0 Å². The van der Waals surface area contributed by atoms with Crippen LogP contribution >= 0.6 is 0 Å². The number of hydrogen-bond acceptors (Lipinski definition) is 3. The second kappa shape index (κ2) is 5.04. The smallest absolute Gasteiger partial charge is 0.313 e. The minimum absolute atomic E-state index is 0.198. The molecule has 0 radical (unpaired) electrons. The number of nitrogens with one attached hydrogen (secondary N) is 2. The Labute approximate surface area is 137 Å². The molecule has 0 aliphatic carbocycles. The minimum atomic E-state index is -0.198. The lowest BCUT2D eigenvalue weighted by atomic mass is 9.94. The highest BCUT2D eigenvalue weighted by Crippen LogP contribution is 2.32. The molecule has 4 aromatic rings. The van der Waals surface area contributed by atoms with Crippen molar-refractivity contribution in [3.63, 3.8) is 0 Å². The summed E-state index contributed by atoms with van der Waals surface area (Å²) in [6, 6.07) is 12.6. The number of fused-ring (bicyclic) bond motifs is 4. The predicted molar refractivity (Wildman–Crippen MR) is 96.3 cm³/mol. The van der Waals surface area contributed by atoms with Crippen LogP contribution in [0.15, 0.2) is 53.5 Å². The van der Waals surface area contributed by atoms with Gasteiger partial charge in [-0.3, -0.25) is 0 Å². The van der Waals surface area contributed by atoms with Crippen LogP contribution in [0.4, 0.5) is 0 Å². The molecule has 0 spiro atoms. The number of hydrogen-bond donors (Lipinski definition) is 2. The fourth-order valence-electron chi connectivity index (χ4n) is 3.58. The maximum atomic E-state index is 12.1. The highest BCUT2D eigenvalue weighted by atomic mass is 16.1. The van der Waals surface area contributed by atoms with Gasteiger partial charge in [-0.05, 0) is 46.8 Å². The Morgan fingerprint density at radius 2 is 1.88 bits per heavy atom. The van der Waals surface area contributed by atoms with Gasteiger partial charge in [-0.25, -0.2) is 14.3 Å². The molecule has 0 unspecified atom stereocenters. The fourth-order valence-corrected chi connectivity index (χ4v) is 3.58. The molecule has 3 heterocycles. The molecule has 2 aromatic carbocycles. The minimum Gasteiger partial charge on any atom is -0.313 e. The Hall–Kier alpha value is -2.92. The summed E-state index contributed by atoms with van der Waals surface area (Å²) in [4.78, 5) is 12.1. The highest BCUT2D eigenvalue weighted by molar-refractivity contribution is 6.08. The third-order valence-electron chi connectivity index (χ3n) is 4.79. The normalized spacial score (nSPS) is 15.2. The second-order valence-electron chi connectivity index (χ2n) is 6.19. The first kappa shape index (κ1) is 13.5. The monoisotopic (exact) mass is 316 g/mol. The molecule has 0 bridgehead atoms. The van der Waals surface area contributed by atoms with Crippen molar-refractivity contribution in [2.45, 2.75) is 6.42 Å². The molecule has 0 fully saturated rings. The number of rotatable bonds is 1. The maximum absolute atomic E-state index is 12.1. The standard InChI is InChI=1S/C19H16N4O/c24-19-22-21-18-16-10-14-4-2-1-3-13(14)9-15(16)17(11-23(18)19)12-5-7-20-8-6-12/h1-5,9-11,20H,6-8H2,(H,22,24). The van der Waals surface area contributed by atoms with E-state index < -0.39 is 0 Å². The molecule has 5 nitrogen and oxygen atoms in total. The Bertz CT molecular complexity index is 1180. The maximum Gasteiger partial charge on any atom is 0.347 e. The molecule has 0 saturated heterocycles. The first-order valence-electron chi connectivity index (χ1n) is 8.14. The van der Waals surface area contributed by atoms with Gasteiger partial charge in [0, 0.05) is 23.7 Å². The van der Waals surface area contributed by atoms with E-state index in [9.17, 15) is 4.79 Å². The molecule has 0 amide bonds. The Morgan fingerprint density at radius 3 is 2.62 bits per heavy atom. The third kappa shape index (κ3) is 1.91. The molecule has 0 atom stereocenters. The zero-order chi connectivity index (χ0) is 16.1. The van der Waals surface area contributed by atoms with Crippen molar-refractivity contribution in [2.24, 2.45) is 0 Å². The molecule has 2 aromatic heterocycles. The lowest BCUT2D eigenvalue weighted by molar-refractivity contribution is 0.738. The van der Waals surface area contributed by atoms with Crippen LogP contribution in [0.5, 0.6) is 0 Å². The molecule has 5 rings (SSSR count). The number of aromatic nitrogens is 3. The van der Waals surface area contributed by atoms with E-state index in [2.05, 4.69) is 51.9 Å². The first-order chi connectivity index (χ1) is 11.8. The van der Waals surface area contributed by atoms with E-state index in [4.69, 9.17) is 0 Å². The lowest BCUT2D eigenvalue weighted by Crippen LogP contribution is -2.20. The molecule has 1 aliphatic rings. The molecular weight excluding hydrogens is 300 g/mol. The van der Waals surface area contributed by atoms with Gasteiger partial charge in [-0.15, -0.1) is 0 Å². The molecule has 24 heavy (non-hydrogen) atoms. The van der Waals surface area contributed by atoms with Gasteiger partial charge < -0.3 is 5.32 Å². The fraction of sp³-hybridized carbons (Fsp3) is 0.158. The average molecular weight is 316 g/mol. The van der Waals surface area contributed by atoms with Crippen molar-refractivity contribution in [2.75, 3.05) is 13.1 Å². The van der Waals surface area contributed by atoms with Gasteiger partial charge in [0.2, 0.25) is 0 Å². The summed E-state index contributed by atoms with van der Waals surface area (Å²) in [5, 5.41) is 14.6. The van der Waals surface area contributed by atoms with Gasteiger partial charge >= 0.3 is 5.69 Å². The summed E-state index contributed by atoms with van der Waals surface area (Å²) in [5.41, 5.74) is 2.88. The summed E-state index contributed by atoms with van der Waals surface area (Å²) in [6.45, 7) is 1.82. The highest BCUT2D eigenvalue weighted by Gasteiger charge is 2.15. The summed E-state index contributed by atoms with van der Waals surface area (Å²) in [5.74, 6) is 0.